The van der Waals surface area contributed by atoms with Crippen LogP contribution in [0.4, 0.5) is 8.78 Å². The molecule has 0 spiro atoms. The molecule has 0 aliphatic carbocycles. The van der Waals surface area contributed by atoms with Gasteiger partial charge < -0.3 is 4.57 Å². The Kier molecular flexibility index (Phi) is 2.60. The minimum atomic E-state index is -0.880. The normalized spacial score (nSPS) is 9.65. The largest absolute Gasteiger partial charge is 0.303 e. The highest BCUT2D eigenvalue weighted by Gasteiger charge is 2.15. The molecule has 0 amide bonds. The zero-order valence-corrected chi connectivity index (χ0v) is 8.48. The molecule has 17 heavy (non-hydrogen) atoms. The van der Waals surface area contributed by atoms with Crippen molar-refractivity contribution in [1.29, 1.82) is 10.5 Å². The summed E-state index contributed by atoms with van der Waals surface area (Å²) in [6, 6.07) is 8.29. The summed E-state index contributed by atoms with van der Waals surface area (Å²) in [4.78, 5) is 0. The molecule has 1 aromatic carbocycles. The Morgan fingerprint density at radius 2 is 1.71 bits per heavy atom. The molecule has 0 atom stereocenters. The summed E-state index contributed by atoms with van der Waals surface area (Å²) in [5.74, 6) is -1.76. The molecule has 0 radical (unpaired) electrons. The van der Waals surface area contributed by atoms with Crippen molar-refractivity contribution in [2.75, 3.05) is 0 Å². The van der Waals surface area contributed by atoms with Crippen LogP contribution in [0.2, 0.25) is 0 Å². The number of nitrogens with zero attached hydrogens (tertiary/aromatic N) is 3. The molecule has 0 saturated heterocycles. The van der Waals surface area contributed by atoms with E-state index in [4.69, 9.17) is 10.5 Å². The standard InChI is InChI=1S/C12H5F2N3/c13-10-4-8(6-15)5-11(14)12(10)17-3-1-2-9(17)7-16/h1-5H. The quantitative estimate of drug-likeness (QED) is 0.754. The Morgan fingerprint density at radius 3 is 2.24 bits per heavy atom. The fourth-order valence-corrected chi connectivity index (χ4v) is 1.53. The van der Waals surface area contributed by atoms with Crippen LogP contribution in [-0.4, -0.2) is 4.57 Å². The monoisotopic (exact) mass is 229 g/mol. The summed E-state index contributed by atoms with van der Waals surface area (Å²) < 4.78 is 28.4. The third-order valence-corrected chi connectivity index (χ3v) is 2.25. The van der Waals surface area contributed by atoms with Crippen LogP contribution in [0.1, 0.15) is 11.3 Å². The van der Waals surface area contributed by atoms with Crippen LogP contribution >= 0.6 is 0 Å². The van der Waals surface area contributed by atoms with Gasteiger partial charge >= 0.3 is 0 Å². The molecule has 2 aromatic rings. The van der Waals surface area contributed by atoms with Gasteiger partial charge in [0.1, 0.15) is 17.5 Å². The zero-order valence-electron chi connectivity index (χ0n) is 8.48. The molecule has 1 heterocycles. The van der Waals surface area contributed by atoms with Gasteiger partial charge in [-0.15, -0.1) is 0 Å². The second kappa shape index (κ2) is 4.07. The minimum absolute atomic E-state index is 0.102. The van der Waals surface area contributed by atoms with E-state index in [-0.39, 0.29) is 16.9 Å². The predicted molar refractivity (Wildman–Crippen MR) is 55.1 cm³/mol. The lowest BCUT2D eigenvalue weighted by molar-refractivity contribution is 0.568. The first-order chi connectivity index (χ1) is 8.17. The van der Waals surface area contributed by atoms with E-state index in [9.17, 15) is 8.78 Å². The van der Waals surface area contributed by atoms with Gasteiger partial charge in [-0.1, -0.05) is 0 Å². The molecule has 0 bridgehead atoms. The number of rotatable bonds is 1. The van der Waals surface area contributed by atoms with Crippen LogP contribution in [0.5, 0.6) is 0 Å². The van der Waals surface area contributed by atoms with Crippen LogP contribution < -0.4 is 0 Å². The van der Waals surface area contributed by atoms with Gasteiger partial charge in [0.25, 0.3) is 0 Å². The molecule has 0 fully saturated rings. The van der Waals surface area contributed by atoms with Crippen LogP contribution in [0.15, 0.2) is 30.5 Å². The molecule has 0 saturated carbocycles. The average molecular weight is 229 g/mol. The number of hydrogen-bond donors (Lipinski definition) is 0. The van der Waals surface area contributed by atoms with Crippen molar-refractivity contribution in [1.82, 2.24) is 4.57 Å². The van der Waals surface area contributed by atoms with Crippen molar-refractivity contribution >= 4 is 0 Å². The van der Waals surface area contributed by atoms with Gasteiger partial charge in [0.15, 0.2) is 11.6 Å². The van der Waals surface area contributed by atoms with Crippen molar-refractivity contribution in [2.24, 2.45) is 0 Å². The highest BCUT2D eigenvalue weighted by molar-refractivity contribution is 5.45. The average Bonchev–Trinajstić information content (AvgIpc) is 2.76. The van der Waals surface area contributed by atoms with E-state index >= 15 is 0 Å². The summed E-state index contributed by atoms with van der Waals surface area (Å²) >= 11 is 0. The Bertz CT molecular complexity index is 636. The second-order valence-electron chi connectivity index (χ2n) is 3.28. The summed E-state index contributed by atoms with van der Waals surface area (Å²) in [5.41, 5.74) is -0.340. The SMILES string of the molecule is N#Cc1cc(F)c(-n2cccc2C#N)c(F)c1. The van der Waals surface area contributed by atoms with E-state index in [1.165, 1.54) is 18.3 Å². The summed E-state index contributed by atoms with van der Waals surface area (Å²) in [6.45, 7) is 0. The molecular formula is C12H5F2N3. The Hall–Kier alpha value is -2.66. The molecule has 2 rings (SSSR count). The molecule has 0 N–H and O–H groups in total. The predicted octanol–water partition coefficient (Wildman–Crippen LogP) is 2.50. The van der Waals surface area contributed by atoms with Crippen molar-refractivity contribution in [3.05, 3.63) is 53.4 Å². The number of nitriles is 2. The van der Waals surface area contributed by atoms with Crippen LogP contribution in [0, 0.1) is 34.3 Å². The topological polar surface area (TPSA) is 52.5 Å². The Balaban J connectivity index is 2.70. The Morgan fingerprint density at radius 1 is 1.06 bits per heavy atom. The summed E-state index contributed by atoms with van der Waals surface area (Å²) in [7, 11) is 0. The summed E-state index contributed by atoms with van der Waals surface area (Å²) in [5, 5.41) is 17.3. The minimum Gasteiger partial charge on any atom is -0.303 e. The van der Waals surface area contributed by atoms with Gasteiger partial charge in [-0.2, -0.15) is 10.5 Å². The van der Waals surface area contributed by atoms with E-state index in [2.05, 4.69) is 0 Å². The van der Waals surface area contributed by atoms with Gasteiger partial charge in [0.2, 0.25) is 0 Å². The molecule has 0 aliphatic heterocycles. The lowest BCUT2D eigenvalue weighted by Gasteiger charge is -2.07. The van der Waals surface area contributed by atoms with E-state index < -0.39 is 11.6 Å². The molecule has 1 aromatic heterocycles. The van der Waals surface area contributed by atoms with Crippen molar-refractivity contribution in [2.45, 2.75) is 0 Å². The van der Waals surface area contributed by atoms with Gasteiger partial charge in [0, 0.05) is 6.20 Å². The van der Waals surface area contributed by atoms with Crippen LogP contribution in [0.25, 0.3) is 5.69 Å². The molecule has 0 aliphatic rings. The molecule has 0 unspecified atom stereocenters. The Labute approximate surface area is 95.8 Å². The van der Waals surface area contributed by atoms with Gasteiger partial charge in [-0.25, -0.2) is 8.78 Å². The lowest BCUT2D eigenvalue weighted by Crippen LogP contribution is -2.03. The van der Waals surface area contributed by atoms with Crippen LogP contribution in [-0.2, 0) is 0 Å². The first-order valence-electron chi connectivity index (χ1n) is 4.64. The smallest absolute Gasteiger partial charge is 0.151 e. The van der Waals surface area contributed by atoms with Gasteiger partial charge in [-0.3, -0.25) is 0 Å². The maximum Gasteiger partial charge on any atom is 0.151 e. The van der Waals surface area contributed by atoms with E-state index in [1.54, 1.807) is 6.07 Å². The maximum absolute atomic E-state index is 13.7. The first-order valence-corrected chi connectivity index (χ1v) is 4.64. The van der Waals surface area contributed by atoms with Crippen molar-refractivity contribution in [3.8, 4) is 17.8 Å². The molecular weight excluding hydrogens is 224 g/mol. The van der Waals surface area contributed by atoms with Gasteiger partial charge in [-0.05, 0) is 24.3 Å². The lowest BCUT2D eigenvalue weighted by atomic mass is 10.2. The third-order valence-electron chi connectivity index (χ3n) is 2.25. The molecule has 5 heteroatoms. The number of benzene rings is 1. The summed E-state index contributed by atoms with van der Waals surface area (Å²) in [6.07, 6.45) is 1.38. The fourth-order valence-electron chi connectivity index (χ4n) is 1.53. The van der Waals surface area contributed by atoms with E-state index in [0.717, 1.165) is 16.7 Å². The zero-order chi connectivity index (χ0) is 12.4. The molecule has 82 valence electrons. The maximum atomic E-state index is 13.7. The first kappa shape index (κ1) is 10.8. The third kappa shape index (κ3) is 1.75. The van der Waals surface area contributed by atoms with Crippen LogP contribution in [0.3, 0.4) is 0 Å². The number of hydrogen-bond acceptors (Lipinski definition) is 2. The van der Waals surface area contributed by atoms with Gasteiger partial charge in [0.05, 0.1) is 11.6 Å². The van der Waals surface area contributed by atoms with E-state index in [0.29, 0.717) is 0 Å². The van der Waals surface area contributed by atoms with Crippen molar-refractivity contribution < 1.29 is 8.78 Å². The number of aromatic nitrogens is 1. The highest BCUT2D eigenvalue weighted by Crippen LogP contribution is 2.21. The fraction of sp³-hybridized carbons (Fsp3) is 0. The van der Waals surface area contributed by atoms with Crippen molar-refractivity contribution in [3.63, 3.8) is 0 Å². The molecule has 3 nitrogen and oxygen atoms in total. The highest BCUT2D eigenvalue weighted by atomic mass is 19.1. The van der Waals surface area contributed by atoms with E-state index in [1.807, 2.05) is 6.07 Å². The number of halogens is 2. The second-order valence-corrected chi connectivity index (χ2v) is 3.28.